The standard InChI is InChI=1S/C15H23N3OS/c1-4-8-18(11-15(19)17(2)3)10-14-9-13(12-20-14)6-5-7-16/h9,12H,4,7-8,10-11,16H2,1-3H3. The van der Waals surface area contributed by atoms with Crippen LogP contribution < -0.4 is 5.73 Å². The summed E-state index contributed by atoms with van der Waals surface area (Å²) in [6, 6.07) is 2.08. The number of thiophene rings is 1. The van der Waals surface area contributed by atoms with E-state index in [0.717, 1.165) is 25.1 Å². The summed E-state index contributed by atoms with van der Waals surface area (Å²) >= 11 is 1.68. The molecule has 0 unspecified atom stereocenters. The van der Waals surface area contributed by atoms with Crippen molar-refractivity contribution in [2.24, 2.45) is 5.73 Å². The lowest BCUT2D eigenvalue weighted by atomic mass is 10.3. The predicted octanol–water partition coefficient (Wildman–Crippen LogP) is 1.36. The summed E-state index contributed by atoms with van der Waals surface area (Å²) in [5, 5.41) is 2.04. The summed E-state index contributed by atoms with van der Waals surface area (Å²) in [5.41, 5.74) is 6.37. The van der Waals surface area contributed by atoms with E-state index in [1.807, 2.05) is 5.38 Å². The Labute approximate surface area is 125 Å². The van der Waals surface area contributed by atoms with E-state index in [2.05, 4.69) is 29.7 Å². The van der Waals surface area contributed by atoms with Crippen molar-refractivity contribution < 1.29 is 4.79 Å². The maximum Gasteiger partial charge on any atom is 0.236 e. The van der Waals surface area contributed by atoms with Gasteiger partial charge in [-0.2, -0.15) is 0 Å². The molecule has 0 aliphatic carbocycles. The van der Waals surface area contributed by atoms with Crippen LogP contribution in [0.4, 0.5) is 0 Å². The highest BCUT2D eigenvalue weighted by Crippen LogP contribution is 2.16. The van der Waals surface area contributed by atoms with Gasteiger partial charge in [0.1, 0.15) is 0 Å². The molecule has 0 radical (unpaired) electrons. The van der Waals surface area contributed by atoms with Gasteiger partial charge in [0.2, 0.25) is 5.91 Å². The zero-order valence-corrected chi connectivity index (χ0v) is 13.3. The lowest BCUT2D eigenvalue weighted by Crippen LogP contribution is -2.36. The van der Waals surface area contributed by atoms with Crippen molar-refractivity contribution in [3.8, 4) is 11.8 Å². The van der Waals surface area contributed by atoms with E-state index < -0.39 is 0 Å². The van der Waals surface area contributed by atoms with Gasteiger partial charge in [-0.25, -0.2) is 0 Å². The zero-order valence-electron chi connectivity index (χ0n) is 12.5. The molecule has 0 saturated heterocycles. The van der Waals surface area contributed by atoms with Gasteiger partial charge in [0, 0.05) is 36.5 Å². The molecule has 1 amide bonds. The Morgan fingerprint density at radius 1 is 1.45 bits per heavy atom. The number of hydrogen-bond donors (Lipinski definition) is 1. The third kappa shape index (κ3) is 5.74. The van der Waals surface area contributed by atoms with Crippen LogP contribution in [0.3, 0.4) is 0 Å². The molecule has 0 atom stereocenters. The molecule has 0 spiro atoms. The number of rotatable bonds is 6. The summed E-state index contributed by atoms with van der Waals surface area (Å²) in [7, 11) is 3.58. The van der Waals surface area contributed by atoms with Crippen molar-refractivity contribution in [2.75, 3.05) is 33.7 Å². The summed E-state index contributed by atoms with van der Waals surface area (Å²) in [6.07, 6.45) is 1.03. The Bertz CT molecular complexity index is 485. The van der Waals surface area contributed by atoms with Crippen molar-refractivity contribution in [3.05, 3.63) is 21.9 Å². The van der Waals surface area contributed by atoms with Gasteiger partial charge >= 0.3 is 0 Å². The monoisotopic (exact) mass is 293 g/mol. The number of nitrogens with zero attached hydrogens (tertiary/aromatic N) is 2. The maximum atomic E-state index is 11.8. The molecule has 2 N–H and O–H groups in total. The second-order valence-electron chi connectivity index (χ2n) is 4.81. The summed E-state index contributed by atoms with van der Waals surface area (Å²) in [6.45, 7) is 4.68. The van der Waals surface area contributed by atoms with E-state index >= 15 is 0 Å². The number of hydrogen-bond acceptors (Lipinski definition) is 4. The minimum absolute atomic E-state index is 0.137. The summed E-state index contributed by atoms with van der Waals surface area (Å²) < 4.78 is 0. The van der Waals surface area contributed by atoms with Crippen LogP contribution in [0.25, 0.3) is 0 Å². The first-order valence-electron chi connectivity index (χ1n) is 6.75. The quantitative estimate of drug-likeness (QED) is 0.806. The predicted molar refractivity (Wildman–Crippen MR) is 84.5 cm³/mol. The fraction of sp³-hybridized carbons (Fsp3) is 0.533. The lowest BCUT2D eigenvalue weighted by molar-refractivity contribution is -0.130. The highest BCUT2D eigenvalue weighted by molar-refractivity contribution is 7.10. The van der Waals surface area contributed by atoms with E-state index in [9.17, 15) is 4.79 Å². The Morgan fingerprint density at radius 2 is 2.20 bits per heavy atom. The minimum Gasteiger partial charge on any atom is -0.348 e. The molecule has 110 valence electrons. The van der Waals surface area contributed by atoms with Gasteiger partial charge in [-0.15, -0.1) is 11.3 Å². The Hall–Kier alpha value is -1.35. The van der Waals surface area contributed by atoms with Crippen LogP contribution in [0.1, 0.15) is 23.8 Å². The van der Waals surface area contributed by atoms with Gasteiger partial charge in [-0.3, -0.25) is 9.69 Å². The largest absolute Gasteiger partial charge is 0.348 e. The average Bonchev–Trinajstić information content (AvgIpc) is 2.84. The van der Waals surface area contributed by atoms with Gasteiger partial charge in [0.05, 0.1) is 13.1 Å². The van der Waals surface area contributed by atoms with E-state index in [1.54, 1.807) is 30.3 Å². The molecule has 0 bridgehead atoms. The van der Waals surface area contributed by atoms with Crippen LogP contribution in [-0.4, -0.2) is 49.4 Å². The molecule has 0 fully saturated rings. The van der Waals surface area contributed by atoms with Gasteiger partial charge in [-0.1, -0.05) is 18.8 Å². The molecule has 0 aliphatic rings. The molecule has 4 nitrogen and oxygen atoms in total. The normalized spacial score (nSPS) is 10.2. The Morgan fingerprint density at radius 3 is 2.80 bits per heavy atom. The van der Waals surface area contributed by atoms with Crippen molar-refractivity contribution in [1.29, 1.82) is 0 Å². The van der Waals surface area contributed by atoms with E-state index in [1.165, 1.54) is 4.88 Å². The SMILES string of the molecule is CCCN(CC(=O)N(C)C)Cc1cc(C#CCN)cs1. The summed E-state index contributed by atoms with van der Waals surface area (Å²) in [4.78, 5) is 16.9. The first kappa shape index (κ1) is 16.7. The molecule has 0 aromatic carbocycles. The van der Waals surface area contributed by atoms with E-state index in [-0.39, 0.29) is 5.91 Å². The van der Waals surface area contributed by atoms with Gasteiger partial charge in [0.15, 0.2) is 0 Å². The number of likely N-dealkylation sites (N-methyl/N-ethyl adjacent to an activating group) is 1. The highest BCUT2D eigenvalue weighted by Gasteiger charge is 2.12. The Kier molecular flexibility index (Phi) is 7.31. The van der Waals surface area contributed by atoms with Crippen molar-refractivity contribution in [1.82, 2.24) is 9.80 Å². The molecular formula is C15H23N3OS. The van der Waals surface area contributed by atoms with Gasteiger partial charge < -0.3 is 10.6 Å². The highest BCUT2D eigenvalue weighted by atomic mass is 32.1. The molecular weight excluding hydrogens is 270 g/mol. The molecule has 1 aromatic heterocycles. The molecule has 1 aromatic rings. The van der Waals surface area contributed by atoms with Crippen LogP contribution in [0, 0.1) is 11.8 Å². The number of carbonyl (C=O) groups excluding carboxylic acids is 1. The molecule has 20 heavy (non-hydrogen) atoms. The third-order valence-corrected chi connectivity index (χ3v) is 3.69. The number of nitrogens with two attached hydrogens (primary N) is 1. The fourth-order valence-corrected chi connectivity index (χ4v) is 2.62. The van der Waals surface area contributed by atoms with Gasteiger partial charge in [0.25, 0.3) is 0 Å². The Balaban J connectivity index is 2.65. The molecule has 1 rings (SSSR count). The van der Waals surface area contributed by atoms with Crippen LogP contribution in [0.5, 0.6) is 0 Å². The minimum atomic E-state index is 0.137. The molecule has 5 heteroatoms. The maximum absolute atomic E-state index is 11.8. The topological polar surface area (TPSA) is 49.6 Å². The summed E-state index contributed by atoms with van der Waals surface area (Å²) in [5.74, 6) is 6.02. The number of carbonyl (C=O) groups is 1. The third-order valence-electron chi connectivity index (χ3n) is 2.77. The van der Waals surface area contributed by atoms with Crippen molar-refractivity contribution in [3.63, 3.8) is 0 Å². The average molecular weight is 293 g/mol. The first-order chi connectivity index (χ1) is 9.56. The fourth-order valence-electron chi connectivity index (χ4n) is 1.77. The van der Waals surface area contributed by atoms with Crippen LogP contribution in [0.15, 0.2) is 11.4 Å². The van der Waals surface area contributed by atoms with Gasteiger partial charge in [-0.05, 0) is 19.0 Å². The molecule has 0 saturated carbocycles. The van der Waals surface area contributed by atoms with E-state index in [4.69, 9.17) is 5.73 Å². The lowest BCUT2D eigenvalue weighted by Gasteiger charge is -2.22. The van der Waals surface area contributed by atoms with Crippen LogP contribution in [-0.2, 0) is 11.3 Å². The second kappa shape index (κ2) is 8.75. The zero-order chi connectivity index (χ0) is 15.0. The first-order valence-corrected chi connectivity index (χ1v) is 7.63. The van der Waals surface area contributed by atoms with E-state index in [0.29, 0.717) is 13.1 Å². The molecule has 1 heterocycles. The number of amides is 1. The smallest absolute Gasteiger partial charge is 0.236 e. The van der Waals surface area contributed by atoms with Crippen molar-refractivity contribution in [2.45, 2.75) is 19.9 Å². The van der Waals surface area contributed by atoms with Crippen LogP contribution >= 0.6 is 11.3 Å². The molecule has 0 aliphatic heterocycles. The second-order valence-corrected chi connectivity index (χ2v) is 5.80. The van der Waals surface area contributed by atoms with Crippen molar-refractivity contribution >= 4 is 17.2 Å². The van der Waals surface area contributed by atoms with Crippen LogP contribution in [0.2, 0.25) is 0 Å².